The van der Waals surface area contributed by atoms with Gasteiger partial charge in [-0.15, -0.1) is 0 Å². The first-order chi connectivity index (χ1) is 6.79. The van der Waals surface area contributed by atoms with Crippen molar-refractivity contribution in [2.75, 3.05) is 13.1 Å². The first kappa shape index (κ1) is 11.2. The van der Waals surface area contributed by atoms with Gasteiger partial charge in [-0.1, -0.05) is 13.3 Å². The van der Waals surface area contributed by atoms with Gasteiger partial charge in [-0.25, -0.2) is 0 Å². The van der Waals surface area contributed by atoms with Crippen LogP contribution in [0.1, 0.15) is 46.0 Å². The van der Waals surface area contributed by atoms with E-state index in [1.165, 1.54) is 12.8 Å². The van der Waals surface area contributed by atoms with E-state index in [9.17, 15) is 4.79 Å². The van der Waals surface area contributed by atoms with Crippen LogP contribution in [0.15, 0.2) is 4.99 Å². The summed E-state index contributed by atoms with van der Waals surface area (Å²) in [6.07, 6.45) is 5.07. The Morgan fingerprint density at radius 2 is 2.14 bits per heavy atom. The second-order valence-corrected chi connectivity index (χ2v) is 3.60. The van der Waals surface area contributed by atoms with Crippen LogP contribution in [-0.4, -0.2) is 29.7 Å². The molecular weight excluding hydrogens is 176 g/mol. The number of nitrogens with zero attached hydrogens (tertiary/aromatic N) is 2. The molecule has 80 valence electrons. The second-order valence-electron chi connectivity index (χ2n) is 3.60. The quantitative estimate of drug-likeness (QED) is 0.666. The third kappa shape index (κ3) is 2.82. The molecule has 1 saturated heterocycles. The number of hydrogen-bond acceptors (Lipinski definition) is 2. The Bertz CT molecular complexity index is 223. The Labute approximate surface area is 86.2 Å². The van der Waals surface area contributed by atoms with Gasteiger partial charge in [-0.2, -0.15) is 0 Å². The highest BCUT2D eigenvalue weighted by Gasteiger charge is 2.19. The zero-order valence-electron chi connectivity index (χ0n) is 9.25. The van der Waals surface area contributed by atoms with E-state index < -0.39 is 0 Å². The van der Waals surface area contributed by atoms with Crippen LogP contribution in [-0.2, 0) is 4.79 Å². The highest BCUT2D eigenvalue weighted by molar-refractivity contribution is 5.98. The molecule has 14 heavy (non-hydrogen) atoms. The first-order valence-corrected chi connectivity index (χ1v) is 5.63. The Hall–Kier alpha value is -0.860. The van der Waals surface area contributed by atoms with Crippen molar-refractivity contribution in [1.82, 2.24) is 4.90 Å². The van der Waals surface area contributed by atoms with Crippen molar-refractivity contribution in [3.63, 3.8) is 0 Å². The normalized spacial score (nSPS) is 21.0. The molecule has 0 aromatic heterocycles. The Kier molecular flexibility index (Phi) is 4.63. The smallest absolute Gasteiger partial charge is 0.227 e. The first-order valence-electron chi connectivity index (χ1n) is 5.63. The van der Waals surface area contributed by atoms with Gasteiger partial charge >= 0.3 is 0 Å². The lowest BCUT2D eigenvalue weighted by Gasteiger charge is -2.21. The molecule has 0 spiro atoms. The molecule has 0 N–H and O–H groups in total. The van der Waals surface area contributed by atoms with Crippen LogP contribution in [0, 0.1) is 0 Å². The molecule has 1 rings (SSSR count). The van der Waals surface area contributed by atoms with Gasteiger partial charge in [0.05, 0.1) is 0 Å². The minimum absolute atomic E-state index is 0.221. The van der Waals surface area contributed by atoms with Crippen molar-refractivity contribution < 1.29 is 4.79 Å². The average molecular weight is 196 g/mol. The molecule has 1 fully saturated rings. The van der Waals surface area contributed by atoms with Crippen LogP contribution in [0.4, 0.5) is 0 Å². The van der Waals surface area contributed by atoms with Crippen molar-refractivity contribution in [2.45, 2.75) is 46.0 Å². The van der Waals surface area contributed by atoms with Crippen molar-refractivity contribution in [1.29, 1.82) is 0 Å². The number of aliphatic imine (C=N–C) groups is 1. The van der Waals surface area contributed by atoms with Crippen molar-refractivity contribution >= 4 is 11.7 Å². The number of amides is 1. The standard InChI is InChI=1S/C11H20N2O/c1-3-11(14)13-9-7-5-6-8-10(13)12-4-2/h3-9H2,1-2H3/b12-10-. The summed E-state index contributed by atoms with van der Waals surface area (Å²) in [4.78, 5) is 18.0. The number of amidine groups is 1. The predicted molar refractivity (Wildman–Crippen MR) is 58.4 cm³/mol. The third-order valence-electron chi connectivity index (χ3n) is 2.54. The SMILES string of the molecule is CC/N=C1/CCCCCN1C(=O)CC. The second kappa shape index (κ2) is 5.78. The third-order valence-corrected chi connectivity index (χ3v) is 2.54. The lowest BCUT2D eigenvalue weighted by atomic mass is 10.2. The maximum Gasteiger partial charge on any atom is 0.227 e. The highest BCUT2D eigenvalue weighted by Crippen LogP contribution is 2.13. The van der Waals surface area contributed by atoms with Gasteiger partial charge in [-0.3, -0.25) is 9.79 Å². The molecule has 0 atom stereocenters. The molecule has 0 bridgehead atoms. The molecule has 0 aromatic rings. The van der Waals surface area contributed by atoms with E-state index in [-0.39, 0.29) is 5.91 Å². The molecule has 0 unspecified atom stereocenters. The van der Waals surface area contributed by atoms with Gasteiger partial charge in [0.2, 0.25) is 5.91 Å². The monoisotopic (exact) mass is 196 g/mol. The van der Waals surface area contributed by atoms with Gasteiger partial charge in [-0.05, 0) is 19.8 Å². The zero-order chi connectivity index (χ0) is 10.4. The van der Waals surface area contributed by atoms with E-state index in [0.717, 1.165) is 31.8 Å². The van der Waals surface area contributed by atoms with Crippen LogP contribution in [0.25, 0.3) is 0 Å². The van der Waals surface area contributed by atoms with E-state index in [2.05, 4.69) is 4.99 Å². The fraction of sp³-hybridized carbons (Fsp3) is 0.818. The minimum Gasteiger partial charge on any atom is -0.301 e. The largest absolute Gasteiger partial charge is 0.301 e. The van der Waals surface area contributed by atoms with Crippen LogP contribution in [0.5, 0.6) is 0 Å². The van der Waals surface area contributed by atoms with Crippen LogP contribution >= 0.6 is 0 Å². The Balaban J connectivity index is 2.73. The molecule has 0 aliphatic carbocycles. The molecule has 1 aliphatic rings. The molecule has 0 aromatic carbocycles. The maximum absolute atomic E-state index is 11.6. The topological polar surface area (TPSA) is 32.7 Å². The lowest BCUT2D eigenvalue weighted by Crippen LogP contribution is -2.36. The summed E-state index contributed by atoms with van der Waals surface area (Å²) in [5.41, 5.74) is 0. The summed E-state index contributed by atoms with van der Waals surface area (Å²) in [5.74, 6) is 1.23. The van der Waals surface area contributed by atoms with E-state index in [1.54, 1.807) is 0 Å². The van der Waals surface area contributed by atoms with E-state index >= 15 is 0 Å². The average Bonchev–Trinajstić information content (AvgIpc) is 2.43. The minimum atomic E-state index is 0.221. The van der Waals surface area contributed by atoms with Crippen molar-refractivity contribution in [3.8, 4) is 0 Å². The summed E-state index contributed by atoms with van der Waals surface area (Å²) in [7, 11) is 0. The molecule has 3 nitrogen and oxygen atoms in total. The summed E-state index contributed by atoms with van der Waals surface area (Å²) in [6.45, 7) is 5.58. The number of rotatable bonds is 2. The Morgan fingerprint density at radius 1 is 1.36 bits per heavy atom. The maximum atomic E-state index is 11.6. The molecule has 0 radical (unpaired) electrons. The van der Waals surface area contributed by atoms with Crippen LogP contribution < -0.4 is 0 Å². The van der Waals surface area contributed by atoms with Crippen molar-refractivity contribution in [2.24, 2.45) is 4.99 Å². The zero-order valence-corrected chi connectivity index (χ0v) is 9.25. The molecular formula is C11H20N2O. The van der Waals surface area contributed by atoms with E-state index in [1.807, 2.05) is 18.7 Å². The molecule has 1 heterocycles. The molecule has 1 amide bonds. The summed E-state index contributed by atoms with van der Waals surface area (Å²) in [6, 6.07) is 0. The van der Waals surface area contributed by atoms with Crippen molar-refractivity contribution in [3.05, 3.63) is 0 Å². The van der Waals surface area contributed by atoms with Gasteiger partial charge in [0.25, 0.3) is 0 Å². The van der Waals surface area contributed by atoms with Gasteiger partial charge in [0, 0.05) is 25.9 Å². The Morgan fingerprint density at radius 3 is 2.79 bits per heavy atom. The molecule has 3 heteroatoms. The molecule has 0 saturated carbocycles. The van der Waals surface area contributed by atoms with Crippen LogP contribution in [0.3, 0.4) is 0 Å². The highest BCUT2D eigenvalue weighted by atomic mass is 16.2. The summed E-state index contributed by atoms with van der Waals surface area (Å²) >= 11 is 0. The number of carbonyl (C=O) groups excluding carboxylic acids is 1. The van der Waals surface area contributed by atoms with Gasteiger partial charge in [0.1, 0.15) is 5.84 Å². The lowest BCUT2D eigenvalue weighted by molar-refractivity contribution is -0.127. The fourth-order valence-corrected chi connectivity index (χ4v) is 1.80. The summed E-state index contributed by atoms with van der Waals surface area (Å²) in [5, 5.41) is 0. The van der Waals surface area contributed by atoms with Gasteiger partial charge < -0.3 is 4.90 Å². The van der Waals surface area contributed by atoms with E-state index in [4.69, 9.17) is 0 Å². The number of likely N-dealkylation sites (tertiary alicyclic amines) is 1. The fourth-order valence-electron chi connectivity index (χ4n) is 1.80. The van der Waals surface area contributed by atoms with Gasteiger partial charge in [0.15, 0.2) is 0 Å². The summed E-state index contributed by atoms with van der Waals surface area (Å²) < 4.78 is 0. The van der Waals surface area contributed by atoms with Crippen LogP contribution in [0.2, 0.25) is 0 Å². The predicted octanol–water partition coefficient (Wildman–Crippen LogP) is 2.22. The number of hydrogen-bond donors (Lipinski definition) is 0. The van der Waals surface area contributed by atoms with E-state index in [0.29, 0.717) is 6.42 Å². The molecule has 1 aliphatic heterocycles. The number of carbonyl (C=O) groups is 1.